The summed E-state index contributed by atoms with van der Waals surface area (Å²) in [6, 6.07) is 12.2. The van der Waals surface area contributed by atoms with Crippen molar-refractivity contribution in [2.45, 2.75) is 55.8 Å². The number of hydrogen-bond donors (Lipinski definition) is 1. The molecule has 0 bridgehead atoms. The van der Waals surface area contributed by atoms with Crippen LogP contribution in [-0.2, 0) is 25.9 Å². The van der Waals surface area contributed by atoms with E-state index in [4.69, 9.17) is 9.47 Å². The molecule has 214 valence electrons. The topological polar surface area (TPSA) is 67.9 Å². The number of fused-ring (bicyclic) bond motifs is 1. The van der Waals surface area contributed by atoms with Crippen LogP contribution in [0.1, 0.15) is 49.3 Å². The van der Waals surface area contributed by atoms with Gasteiger partial charge in [-0.15, -0.1) is 6.58 Å². The van der Waals surface area contributed by atoms with Crippen LogP contribution in [0.2, 0.25) is 0 Å². The average molecular weight is 557 g/mol. The van der Waals surface area contributed by atoms with E-state index in [1.54, 1.807) is 13.2 Å². The van der Waals surface area contributed by atoms with Gasteiger partial charge in [0.1, 0.15) is 5.75 Å². The molecule has 4 rings (SSSR count). The first kappa shape index (κ1) is 29.6. The fourth-order valence-electron chi connectivity index (χ4n) is 6.32. The first-order valence-corrected chi connectivity index (χ1v) is 13.3. The van der Waals surface area contributed by atoms with Crippen LogP contribution < -0.4 is 10.1 Å². The van der Waals surface area contributed by atoms with Crippen LogP contribution in [0.3, 0.4) is 0 Å². The van der Waals surface area contributed by atoms with Crippen molar-refractivity contribution < 1.29 is 32.2 Å². The zero-order valence-corrected chi connectivity index (χ0v) is 22.8. The van der Waals surface area contributed by atoms with Gasteiger partial charge in [0.25, 0.3) is 0 Å². The van der Waals surface area contributed by atoms with Gasteiger partial charge in [-0.3, -0.25) is 14.5 Å². The molecule has 0 aromatic heterocycles. The Kier molecular flexibility index (Phi) is 8.85. The van der Waals surface area contributed by atoms with E-state index in [1.807, 2.05) is 24.3 Å². The second-order valence-electron chi connectivity index (χ2n) is 10.6. The Hall–Kier alpha value is -3.43. The molecule has 1 N–H and O–H groups in total. The minimum atomic E-state index is -4.45. The second kappa shape index (κ2) is 12.0. The minimum Gasteiger partial charge on any atom is -0.427 e. The molecule has 1 aliphatic carbocycles. The molecule has 3 atom stereocenters. The Morgan fingerprint density at radius 1 is 1.18 bits per heavy atom. The van der Waals surface area contributed by atoms with E-state index in [2.05, 4.69) is 16.8 Å². The lowest BCUT2D eigenvalue weighted by molar-refractivity contribution is -0.149. The van der Waals surface area contributed by atoms with Gasteiger partial charge in [0.15, 0.2) is 0 Å². The van der Waals surface area contributed by atoms with E-state index in [-0.39, 0.29) is 11.9 Å². The Morgan fingerprint density at radius 2 is 1.95 bits per heavy atom. The summed E-state index contributed by atoms with van der Waals surface area (Å²) in [5.74, 6) is -0.330. The summed E-state index contributed by atoms with van der Waals surface area (Å²) < 4.78 is 50.9. The van der Waals surface area contributed by atoms with E-state index >= 15 is 0 Å². The van der Waals surface area contributed by atoms with Crippen LogP contribution in [0.5, 0.6) is 5.75 Å². The number of piperidine rings is 1. The zero-order chi connectivity index (χ0) is 29.0. The Morgan fingerprint density at radius 3 is 2.65 bits per heavy atom. The van der Waals surface area contributed by atoms with Gasteiger partial charge < -0.3 is 14.8 Å². The molecule has 2 fully saturated rings. The van der Waals surface area contributed by atoms with Crippen LogP contribution >= 0.6 is 0 Å². The van der Waals surface area contributed by atoms with E-state index in [9.17, 15) is 22.8 Å². The number of rotatable bonds is 8. The third-order valence-corrected chi connectivity index (χ3v) is 8.11. The molecule has 1 saturated heterocycles. The van der Waals surface area contributed by atoms with Gasteiger partial charge >= 0.3 is 12.1 Å². The first-order valence-electron chi connectivity index (χ1n) is 13.3. The fourth-order valence-corrected chi connectivity index (χ4v) is 6.32. The molecule has 40 heavy (non-hydrogen) atoms. The molecular formula is C31H35F3N2O4. The number of methoxy groups -OCH3 is 1. The summed E-state index contributed by atoms with van der Waals surface area (Å²) in [5.41, 5.74) is -0.515. The van der Waals surface area contributed by atoms with Gasteiger partial charge in [-0.05, 0) is 73.7 Å². The lowest BCUT2D eigenvalue weighted by Crippen LogP contribution is -2.67. The molecule has 0 spiro atoms. The number of halogens is 3. The minimum absolute atomic E-state index is 0.190. The largest absolute Gasteiger partial charge is 0.427 e. The molecule has 1 saturated carbocycles. The summed E-state index contributed by atoms with van der Waals surface area (Å²) in [5, 5.41) is 3.07. The number of likely N-dealkylation sites (tertiary alicyclic amines) is 1. The summed E-state index contributed by atoms with van der Waals surface area (Å²) in [6.07, 6.45) is 2.78. The number of nitrogens with one attached hydrogen (secondary N) is 1. The van der Waals surface area contributed by atoms with Crippen LogP contribution in [0.25, 0.3) is 6.08 Å². The molecule has 9 heteroatoms. The highest BCUT2D eigenvalue weighted by atomic mass is 19.4. The number of hydrogen-bond acceptors (Lipinski definition) is 5. The quantitative estimate of drug-likeness (QED) is 0.201. The summed E-state index contributed by atoms with van der Waals surface area (Å²) in [4.78, 5) is 26.9. The summed E-state index contributed by atoms with van der Waals surface area (Å²) >= 11 is 0. The molecule has 3 unspecified atom stereocenters. The average Bonchev–Trinajstić information content (AvgIpc) is 2.91. The Labute approximate surface area is 232 Å². The molecule has 0 radical (unpaired) electrons. The highest BCUT2D eigenvalue weighted by Gasteiger charge is 2.58. The summed E-state index contributed by atoms with van der Waals surface area (Å²) in [7, 11) is 1.72. The van der Waals surface area contributed by atoms with Gasteiger partial charge in [-0.1, -0.05) is 30.3 Å². The zero-order valence-electron chi connectivity index (χ0n) is 22.8. The van der Waals surface area contributed by atoms with Gasteiger partial charge in [-0.25, -0.2) is 0 Å². The van der Waals surface area contributed by atoms with Crippen molar-refractivity contribution in [3.05, 3.63) is 84.0 Å². The van der Waals surface area contributed by atoms with E-state index in [1.165, 1.54) is 31.2 Å². The van der Waals surface area contributed by atoms with Crippen molar-refractivity contribution in [2.75, 3.05) is 26.7 Å². The maximum Gasteiger partial charge on any atom is 0.416 e. The number of carbonyl (C=O) groups is 2. The molecule has 2 aliphatic rings. The fraction of sp³-hybridized carbons (Fsp3) is 0.419. The van der Waals surface area contributed by atoms with Crippen molar-refractivity contribution in [3.63, 3.8) is 0 Å². The number of benzene rings is 2. The lowest BCUT2D eigenvalue weighted by atomic mass is 9.55. The third kappa shape index (κ3) is 6.31. The molecule has 1 amide bonds. The highest BCUT2D eigenvalue weighted by molar-refractivity contribution is 5.92. The number of nitrogens with zero attached hydrogens (tertiary/aromatic N) is 1. The Balaban J connectivity index is 1.59. The van der Waals surface area contributed by atoms with Crippen molar-refractivity contribution in [1.29, 1.82) is 0 Å². The van der Waals surface area contributed by atoms with E-state index in [0.29, 0.717) is 37.1 Å². The van der Waals surface area contributed by atoms with Crippen LogP contribution in [0.15, 0.2) is 67.3 Å². The van der Waals surface area contributed by atoms with Crippen LogP contribution in [-0.4, -0.2) is 55.2 Å². The number of esters is 1. The molecule has 6 nitrogen and oxygen atoms in total. The third-order valence-electron chi connectivity index (χ3n) is 8.11. The molecule has 1 aliphatic heterocycles. The number of carbonyl (C=O) groups excluding carboxylic acids is 2. The predicted octanol–water partition coefficient (Wildman–Crippen LogP) is 5.53. The van der Waals surface area contributed by atoms with Gasteiger partial charge in [0.05, 0.1) is 11.2 Å². The number of alkyl halides is 3. The van der Waals surface area contributed by atoms with Gasteiger partial charge in [-0.2, -0.15) is 13.2 Å². The number of amides is 1. The van der Waals surface area contributed by atoms with Crippen molar-refractivity contribution >= 4 is 18.0 Å². The maximum atomic E-state index is 13.1. The smallest absolute Gasteiger partial charge is 0.416 e. The lowest BCUT2D eigenvalue weighted by Gasteiger charge is -2.59. The molecule has 1 heterocycles. The van der Waals surface area contributed by atoms with Gasteiger partial charge in [0.2, 0.25) is 5.91 Å². The van der Waals surface area contributed by atoms with Crippen LogP contribution in [0, 0.1) is 0 Å². The first-order chi connectivity index (χ1) is 19.0. The molecule has 2 aromatic rings. The maximum absolute atomic E-state index is 13.1. The standard InChI is InChI=1S/C31H35F3N2O4/c1-4-16-36-17-15-29(24-8-6-10-27(19-24)40-22(2)37)20-26(13-14-30(29,21-36)39-3)35-28(38)12-11-23-7-5-9-25(18-23)31(32,33)34/h4-12,18-19,26H,1,13-17,20-21H2,2-3H3,(H,35,38). The SMILES string of the molecule is C=CCN1CCC2(c3cccc(OC(C)=O)c3)CC(NC(=O)C=Cc3cccc(C(F)(F)F)c3)CCC2(OC)C1. The van der Waals surface area contributed by atoms with Crippen LogP contribution in [0.4, 0.5) is 13.2 Å². The molecule has 2 aromatic carbocycles. The van der Waals surface area contributed by atoms with Crippen molar-refractivity contribution in [1.82, 2.24) is 10.2 Å². The molecular weight excluding hydrogens is 521 g/mol. The summed E-state index contributed by atoms with van der Waals surface area (Å²) in [6.45, 7) is 7.45. The monoisotopic (exact) mass is 556 g/mol. The Bertz CT molecular complexity index is 1280. The van der Waals surface area contributed by atoms with Crippen molar-refractivity contribution in [3.8, 4) is 5.75 Å². The number of ether oxygens (including phenoxy) is 2. The van der Waals surface area contributed by atoms with E-state index < -0.39 is 28.7 Å². The van der Waals surface area contributed by atoms with Gasteiger partial charge in [0, 0.05) is 44.7 Å². The predicted molar refractivity (Wildman–Crippen MR) is 147 cm³/mol. The van der Waals surface area contributed by atoms with Crippen molar-refractivity contribution in [2.24, 2.45) is 0 Å². The van der Waals surface area contributed by atoms with E-state index in [0.717, 1.165) is 37.2 Å². The second-order valence-corrected chi connectivity index (χ2v) is 10.6. The normalized spacial score (nSPS) is 25.3. The highest BCUT2D eigenvalue weighted by Crippen LogP contribution is 2.53.